The van der Waals surface area contributed by atoms with E-state index >= 15 is 0 Å². The van der Waals surface area contributed by atoms with Crippen LogP contribution in [0.2, 0.25) is 0 Å². The van der Waals surface area contributed by atoms with Crippen LogP contribution in [0.5, 0.6) is 5.75 Å². The predicted octanol–water partition coefficient (Wildman–Crippen LogP) is 2.75. The Morgan fingerprint density at radius 3 is 2.82 bits per heavy atom. The van der Waals surface area contributed by atoms with Gasteiger partial charge in [-0.05, 0) is 19.1 Å². The summed E-state index contributed by atoms with van der Waals surface area (Å²) in [5.41, 5.74) is 0.998. The van der Waals surface area contributed by atoms with Crippen molar-refractivity contribution in [2.75, 3.05) is 6.61 Å². The van der Waals surface area contributed by atoms with Crippen molar-refractivity contribution >= 4 is 12.0 Å². The Balaban J connectivity index is 2.86. The molecular weight excluding hydrogens is 222 g/mol. The number of nitro benzene ring substituents is 1. The number of hydrogen-bond acceptors (Lipinski definition) is 4. The highest BCUT2D eigenvalue weighted by Crippen LogP contribution is 2.27. The molecule has 0 aliphatic rings. The third-order valence-corrected chi connectivity index (χ3v) is 2.10. The lowest BCUT2D eigenvalue weighted by atomic mass is 10.2. The van der Waals surface area contributed by atoms with Crippen LogP contribution in [0, 0.1) is 10.1 Å². The van der Waals surface area contributed by atoms with Crippen LogP contribution in [-0.4, -0.2) is 17.8 Å². The van der Waals surface area contributed by atoms with E-state index in [1.54, 1.807) is 0 Å². The predicted molar refractivity (Wildman–Crippen MR) is 63.4 cm³/mol. The standard InChI is InChI=1S/C12H13NO4/c1-9(2)5-6-17-12-4-3-10(8-14)7-11(12)13(15)16/h3-4,7-8H,1,5-6H2,2H3. The van der Waals surface area contributed by atoms with Gasteiger partial charge in [-0.2, -0.15) is 0 Å². The second-order valence-corrected chi connectivity index (χ2v) is 3.66. The quantitative estimate of drug-likeness (QED) is 0.329. The molecule has 5 heteroatoms. The maximum Gasteiger partial charge on any atom is 0.311 e. The van der Waals surface area contributed by atoms with E-state index in [2.05, 4.69) is 6.58 Å². The highest BCUT2D eigenvalue weighted by Gasteiger charge is 2.15. The first kappa shape index (κ1) is 12.9. The average molecular weight is 235 g/mol. The molecule has 0 unspecified atom stereocenters. The zero-order chi connectivity index (χ0) is 12.8. The molecule has 0 radical (unpaired) electrons. The molecule has 0 heterocycles. The van der Waals surface area contributed by atoms with E-state index in [9.17, 15) is 14.9 Å². The first-order chi connectivity index (χ1) is 8.04. The molecule has 0 saturated carbocycles. The monoisotopic (exact) mass is 235 g/mol. The van der Waals surface area contributed by atoms with Crippen LogP contribution in [0.3, 0.4) is 0 Å². The lowest BCUT2D eigenvalue weighted by Gasteiger charge is -2.06. The van der Waals surface area contributed by atoms with Crippen LogP contribution in [0.25, 0.3) is 0 Å². The van der Waals surface area contributed by atoms with Gasteiger partial charge in [0.05, 0.1) is 11.5 Å². The third-order valence-electron chi connectivity index (χ3n) is 2.10. The summed E-state index contributed by atoms with van der Waals surface area (Å²) in [6.45, 7) is 5.90. The van der Waals surface area contributed by atoms with Crippen molar-refractivity contribution in [3.8, 4) is 5.75 Å². The summed E-state index contributed by atoms with van der Waals surface area (Å²) in [5, 5.41) is 10.8. The summed E-state index contributed by atoms with van der Waals surface area (Å²) in [6, 6.07) is 4.11. The summed E-state index contributed by atoms with van der Waals surface area (Å²) >= 11 is 0. The molecule has 0 amide bonds. The Hall–Kier alpha value is -2.17. The first-order valence-corrected chi connectivity index (χ1v) is 5.05. The van der Waals surface area contributed by atoms with Crippen molar-refractivity contribution in [2.24, 2.45) is 0 Å². The third kappa shape index (κ3) is 3.71. The largest absolute Gasteiger partial charge is 0.486 e. The Morgan fingerprint density at radius 1 is 1.59 bits per heavy atom. The van der Waals surface area contributed by atoms with E-state index in [4.69, 9.17) is 4.74 Å². The van der Waals surface area contributed by atoms with Crippen LogP contribution in [0.15, 0.2) is 30.4 Å². The molecule has 0 saturated heterocycles. The van der Waals surface area contributed by atoms with Gasteiger partial charge in [-0.15, -0.1) is 6.58 Å². The molecule has 1 rings (SSSR count). The van der Waals surface area contributed by atoms with Gasteiger partial charge < -0.3 is 4.74 Å². The number of nitrogens with zero attached hydrogens (tertiary/aromatic N) is 1. The Bertz CT molecular complexity index is 454. The van der Waals surface area contributed by atoms with Gasteiger partial charge in [0.15, 0.2) is 5.75 Å². The van der Waals surface area contributed by atoms with Crippen LogP contribution >= 0.6 is 0 Å². The van der Waals surface area contributed by atoms with Crippen molar-refractivity contribution in [2.45, 2.75) is 13.3 Å². The summed E-state index contributed by atoms with van der Waals surface area (Å²) in [7, 11) is 0. The van der Waals surface area contributed by atoms with Crippen molar-refractivity contribution in [1.82, 2.24) is 0 Å². The lowest BCUT2D eigenvalue weighted by Crippen LogP contribution is -2.01. The Labute approximate surface area is 98.9 Å². The lowest BCUT2D eigenvalue weighted by molar-refractivity contribution is -0.385. The molecular formula is C12H13NO4. The SMILES string of the molecule is C=C(C)CCOc1ccc(C=O)cc1[N+](=O)[O-]. The van der Waals surface area contributed by atoms with Gasteiger partial charge in [0.25, 0.3) is 0 Å². The van der Waals surface area contributed by atoms with Gasteiger partial charge in [-0.3, -0.25) is 14.9 Å². The van der Waals surface area contributed by atoms with E-state index in [0.717, 1.165) is 5.57 Å². The molecule has 0 aliphatic carbocycles. The van der Waals surface area contributed by atoms with E-state index in [1.165, 1.54) is 18.2 Å². The average Bonchev–Trinajstić information content (AvgIpc) is 2.28. The van der Waals surface area contributed by atoms with Gasteiger partial charge in [0.1, 0.15) is 6.29 Å². The number of aldehydes is 1. The zero-order valence-electron chi connectivity index (χ0n) is 9.51. The fourth-order valence-electron chi connectivity index (χ4n) is 1.21. The number of ether oxygens (including phenoxy) is 1. The van der Waals surface area contributed by atoms with E-state index in [1.807, 2.05) is 6.92 Å². The summed E-state index contributed by atoms with van der Waals surface area (Å²) in [6.07, 6.45) is 1.19. The molecule has 90 valence electrons. The molecule has 1 aromatic carbocycles. The minimum absolute atomic E-state index is 0.168. The van der Waals surface area contributed by atoms with Gasteiger partial charge in [-0.25, -0.2) is 0 Å². The first-order valence-electron chi connectivity index (χ1n) is 5.05. The summed E-state index contributed by atoms with van der Waals surface area (Å²) in [5.74, 6) is 0.168. The molecule has 1 aromatic rings. The maximum absolute atomic E-state index is 10.8. The minimum atomic E-state index is -0.566. The van der Waals surface area contributed by atoms with E-state index in [-0.39, 0.29) is 17.0 Å². The highest BCUT2D eigenvalue weighted by atomic mass is 16.6. The fourth-order valence-corrected chi connectivity index (χ4v) is 1.21. The van der Waals surface area contributed by atoms with Crippen LogP contribution in [-0.2, 0) is 0 Å². The molecule has 0 bridgehead atoms. The van der Waals surface area contributed by atoms with E-state index < -0.39 is 4.92 Å². The number of benzene rings is 1. The molecule has 17 heavy (non-hydrogen) atoms. The number of rotatable bonds is 6. The smallest absolute Gasteiger partial charge is 0.311 e. The van der Waals surface area contributed by atoms with Crippen LogP contribution in [0.1, 0.15) is 23.7 Å². The zero-order valence-corrected chi connectivity index (χ0v) is 9.51. The molecule has 0 aromatic heterocycles. The van der Waals surface area contributed by atoms with Crippen molar-refractivity contribution < 1.29 is 14.5 Å². The van der Waals surface area contributed by atoms with Crippen molar-refractivity contribution in [3.05, 3.63) is 46.0 Å². The van der Waals surface area contributed by atoms with Gasteiger partial charge in [-0.1, -0.05) is 5.57 Å². The summed E-state index contributed by atoms with van der Waals surface area (Å²) < 4.78 is 5.29. The molecule has 5 nitrogen and oxygen atoms in total. The normalized spacial score (nSPS) is 9.71. The highest BCUT2D eigenvalue weighted by molar-refractivity contribution is 5.77. The van der Waals surface area contributed by atoms with Crippen molar-refractivity contribution in [1.29, 1.82) is 0 Å². The number of carbonyl (C=O) groups is 1. The second-order valence-electron chi connectivity index (χ2n) is 3.66. The molecule has 0 fully saturated rings. The topological polar surface area (TPSA) is 69.4 Å². The fraction of sp³-hybridized carbons (Fsp3) is 0.250. The van der Waals surface area contributed by atoms with Gasteiger partial charge in [0, 0.05) is 18.1 Å². The minimum Gasteiger partial charge on any atom is -0.486 e. The number of nitro groups is 1. The second kappa shape index (κ2) is 5.79. The van der Waals surface area contributed by atoms with Gasteiger partial charge in [0.2, 0.25) is 0 Å². The van der Waals surface area contributed by atoms with Gasteiger partial charge >= 0.3 is 5.69 Å². The Morgan fingerprint density at radius 2 is 2.29 bits per heavy atom. The Kier molecular flexibility index (Phi) is 4.39. The van der Waals surface area contributed by atoms with Crippen LogP contribution < -0.4 is 4.74 Å². The molecule has 0 atom stereocenters. The van der Waals surface area contributed by atoms with E-state index in [0.29, 0.717) is 19.3 Å². The van der Waals surface area contributed by atoms with Crippen LogP contribution in [0.4, 0.5) is 5.69 Å². The maximum atomic E-state index is 10.8. The number of hydrogen-bond donors (Lipinski definition) is 0. The van der Waals surface area contributed by atoms with Crippen molar-refractivity contribution in [3.63, 3.8) is 0 Å². The molecule has 0 aliphatic heterocycles. The number of carbonyl (C=O) groups excluding carboxylic acids is 1. The molecule has 0 spiro atoms. The molecule has 0 N–H and O–H groups in total. The summed E-state index contributed by atoms with van der Waals surface area (Å²) in [4.78, 5) is 20.7.